The highest BCUT2D eigenvalue weighted by Crippen LogP contribution is 2.37. The van der Waals surface area contributed by atoms with Gasteiger partial charge in [0.1, 0.15) is 11.3 Å². The molecule has 7 nitrogen and oxygen atoms in total. The maximum atomic E-state index is 13.7. The summed E-state index contributed by atoms with van der Waals surface area (Å²) in [6.07, 6.45) is -4.96. The second-order valence-electron chi connectivity index (χ2n) is 6.85. The van der Waals surface area contributed by atoms with Crippen LogP contribution in [0.4, 0.5) is 18.9 Å². The lowest BCUT2D eigenvalue weighted by molar-refractivity contribution is -0.384. The topological polar surface area (TPSA) is 99.7 Å². The average Bonchev–Trinajstić information content (AvgIpc) is 2.79. The van der Waals surface area contributed by atoms with Crippen LogP contribution in [0.25, 0.3) is 22.1 Å². The third-order valence-corrected chi connectivity index (χ3v) is 4.69. The highest BCUT2D eigenvalue weighted by Gasteiger charge is 2.39. The number of carbonyl (C=O) groups is 1. The Morgan fingerprint density at radius 1 is 0.970 bits per heavy atom. The van der Waals surface area contributed by atoms with Gasteiger partial charge in [0.05, 0.1) is 21.4 Å². The third kappa shape index (κ3) is 4.31. The molecule has 0 atom stereocenters. The van der Waals surface area contributed by atoms with Crippen LogP contribution < -0.4 is 10.2 Å². The fourth-order valence-electron chi connectivity index (χ4n) is 3.22. The standard InChI is InChI=1S/C23H12F3NO6/c24-23(25,26)21-19(13-5-2-1-3-6-13)20(28)17-10-9-16(12-18(17)33-21)32-22(29)14-7-4-8-15(11-14)27(30)31/h1-12H. The second kappa shape index (κ2) is 8.23. The van der Waals surface area contributed by atoms with E-state index in [9.17, 15) is 32.9 Å². The number of alkyl halides is 3. The number of benzene rings is 3. The number of fused-ring (bicyclic) bond motifs is 1. The van der Waals surface area contributed by atoms with Crippen LogP contribution in [-0.2, 0) is 6.18 Å². The monoisotopic (exact) mass is 455 g/mol. The van der Waals surface area contributed by atoms with E-state index in [1.54, 1.807) is 6.07 Å². The molecule has 1 heterocycles. The van der Waals surface area contributed by atoms with E-state index in [2.05, 4.69) is 0 Å². The van der Waals surface area contributed by atoms with Gasteiger partial charge in [-0.3, -0.25) is 14.9 Å². The molecule has 0 saturated heterocycles. The Labute approximate surface area is 182 Å². The van der Waals surface area contributed by atoms with Gasteiger partial charge in [-0.1, -0.05) is 36.4 Å². The van der Waals surface area contributed by atoms with Gasteiger partial charge in [-0.25, -0.2) is 4.79 Å². The van der Waals surface area contributed by atoms with Crippen LogP contribution in [0.2, 0.25) is 0 Å². The molecule has 0 aliphatic heterocycles. The first-order chi connectivity index (χ1) is 15.6. The van der Waals surface area contributed by atoms with Crippen molar-refractivity contribution in [3.8, 4) is 16.9 Å². The summed E-state index contributed by atoms with van der Waals surface area (Å²) in [6.45, 7) is 0. The van der Waals surface area contributed by atoms with Crippen molar-refractivity contribution in [2.24, 2.45) is 0 Å². The summed E-state index contributed by atoms with van der Waals surface area (Å²) in [5.74, 6) is -2.66. The van der Waals surface area contributed by atoms with Crippen LogP contribution >= 0.6 is 0 Å². The Morgan fingerprint density at radius 3 is 2.36 bits per heavy atom. The van der Waals surface area contributed by atoms with Gasteiger partial charge in [-0.05, 0) is 23.8 Å². The van der Waals surface area contributed by atoms with Crippen molar-refractivity contribution in [2.45, 2.75) is 6.18 Å². The van der Waals surface area contributed by atoms with Crippen molar-refractivity contribution in [3.63, 3.8) is 0 Å². The molecule has 33 heavy (non-hydrogen) atoms. The summed E-state index contributed by atoms with van der Waals surface area (Å²) < 4.78 is 51.3. The number of carbonyl (C=O) groups excluding carboxylic acids is 1. The van der Waals surface area contributed by atoms with Crippen molar-refractivity contribution < 1.29 is 32.0 Å². The summed E-state index contributed by atoms with van der Waals surface area (Å²) in [5, 5.41) is 10.7. The van der Waals surface area contributed by atoms with Gasteiger partial charge in [0.15, 0.2) is 0 Å². The van der Waals surface area contributed by atoms with Crippen LogP contribution in [-0.4, -0.2) is 10.9 Å². The summed E-state index contributed by atoms with van der Waals surface area (Å²) in [7, 11) is 0. The van der Waals surface area contributed by atoms with E-state index in [0.29, 0.717) is 0 Å². The van der Waals surface area contributed by atoms with E-state index in [1.165, 1.54) is 54.6 Å². The van der Waals surface area contributed by atoms with Crippen molar-refractivity contribution in [1.82, 2.24) is 0 Å². The van der Waals surface area contributed by atoms with E-state index in [-0.39, 0.29) is 28.0 Å². The molecule has 4 rings (SSSR count). The molecule has 0 unspecified atom stereocenters. The summed E-state index contributed by atoms with van der Waals surface area (Å²) in [6, 6.07) is 15.5. The smallest absolute Gasteiger partial charge is 0.450 e. The second-order valence-corrected chi connectivity index (χ2v) is 6.85. The van der Waals surface area contributed by atoms with Crippen LogP contribution in [0.3, 0.4) is 0 Å². The minimum atomic E-state index is -4.96. The first kappa shape index (κ1) is 21.8. The minimum Gasteiger partial charge on any atom is -0.450 e. The lowest BCUT2D eigenvalue weighted by Gasteiger charge is -2.13. The lowest BCUT2D eigenvalue weighted by Crippen LogP contribution is -2.16. The Kier molecular flexibility index (Phi) is 5.42. The molecular weight excluding hydrogens is 443 g/mol. The molecule has 0 radical (unpaired) electrons. The molecule has 0 N–H and O–H groups in total. The lowest BCUT2D eigenvalue weighted by atomic mass is 10.0. The van der Waals surface area contributed by atoms with E-state index in [4.69, 9.17) is 9.15 Å². The largest absolute Gasteiger partial charge is 0.450 e. The first-order valence-corrected chi connectivity index (χ1v) is 9.35. The zero-order chi connectivity index (χ0) is 23.8. The molecule has 4 aromatic rings. The van der Waals surface area contributed by atoms with Crippen LogP contribution in [0.5, 0.6) is 5.75 Å². The molecule has 1 aromatic heterocycles. The fourth-order valence-corrected chi connectivity index (χ4v) is 3.22. The summed E-state index contributed by atoms with van der Waals surface area (Å²) in [5.41, 5.74) is -2.39. The van der Waals surface area contributed by atoms with Gasteiger partial charge >= 0.3 is 12.1 Å². The molecule has 0 saturated carbocycles. The van der Waals surface area contributed by atoms with Crippen molar-refractivity contribution in [1.29, 1.82) is 0 Å². The van der Waals surface area contributed by atoms with Gasteiger partial charge in [-0.2, -0.15) is 13.2 Å². The number of hydrogen-bond acceptors (Lipinski definition) is 6. The van der Waals surface area contributed by atoms with Gasteiger partial charge in [0, 0.05) is 18.2 Å². The predicted molar refractivity (Wildman–Crippen MR) is 111 cm³/mol. The van der Waals surface area contributed by atoms with Gasteiger partial charge < -0.3 is 9.15 Å². The molecule has 3 aromatic carbocycles. The number of ether oxygens (including phenoxy) is 1. The number of nitro benzene ring substituents is 1. The van der Waals surface area contributed by atoms with Gasteiger partial charge in [0.25, 0.3) is 5.69 Å². The van der Waals surface area contributed by atoms with Gasteiger partial charge in [0.2, 0.25) is 11.2 Å². The predicted octanol–water partition coefficient (Wildman–Crippen LogP) is 5.61. The van der Waals surface area contributed by atoms with Crippen molar-refractivity contribution >= 4 is 22.6 Å². The molecular formula is C23H12F3NO6. The Morgan fingerprint density at radius 2 is 1.70 bits per heavy atom. The molecule has 0 spiro atoms. The van der Waals surface area contributed by atoms with Crippen molar-refractivity contribution in [2.75, 3.05) is 0 Å². The number of rotatable bonds is 4. The summed E-state index contributed by atoms with van der Waals surface area (Å²) in [4.78, 5) is 35.4. The van der Waals surface area contributed by atoms with Crippen LogP contribution in [0.1, 0.15) is 16.1 Å². The first-order valence-electron chi connectivity index (χ1n) is 9.35. The molecule has 0 amide bonds. The Balaban J connectivity index is 1.78. The van der Waals surface area contributed by atoms with E-state index in [0.717, 1.165) is 12.1 Å². The Hall–Kier alpha value is -4.47. The number of non-ortho nitro benzene ring substituents is 1. The van der Waals surface area contributed by atoms with E-state index < -0.39 is 39.4 Å². The number of nitro groups is 1. The highest BCUT2D eigenvalue weighted by molar-refractivity contribution is 5.92. The molecule has 0 aliphatic carbocycles. The zero-order valence-corrected chi connectivity index (χ0v) is 16.5. The zero-order valence-electron chi connectivity index (χ0n) is 16.5. The quantitative estimate of drug-likeness (QED) is 0.172. The summed E-state index contributed by atoms with van der Waals surface area (Å²) >= 11 is 0. The maximum Gasteiger partial charge on any atom is 0.450 e. The van der Waals surface area contributed by atoms with E-state index in [1.807, 2.05) is 0 Å². The van der Waals surface area contributed by atoms with Crippen LogP contribution in [0.15, 0.2) is 82.0 Å². The third-order valence-electron chi connectivity index (χ3n) is 4.69. The average molecular weight is 455 g/mol. The molecule has 0 aliphatic rings. The van der Waals surface area contributed by atoms with Crippen molar-refractivity contribution in [3.05, 3.63) is 104 Å². The minimum absolute atomic E-state index is 0.0432. The molecule has 0 bridgehead atoms. The fraction of sp³-hybridized carbons (Fsp3) is 0.0435. The normalized spacial score (nSPS) is 11.4. The maximum absolute atomic E-state index is 13.7. The molecule has 10 heteroatoms. The molecule has 166 valence electrons. The number of nitrogens with zero attached hydrogens (tertiary/aromatic N) is 1. The van der Waals surface area contributed by atoms with Crippen LogP contribution in [0, 0.1) is 10.1 Å². The van der Waals surface area contributed by atoms with Gasteiger partial charge in [-0.15, -0.1) is 0 Å². The highest BCUT2D eigenvalue weighted by atomic mass is 19.4. The number of halogens is 3. The van der Waals surface area contributed by atoms with E-state index >= 15 is 0 Å². The number of esters is 1. The number of hydrogen-bond donors (Lipinski definition) is 0. The molecule has 0 fully saturated rings. The Bertz CT molecular complexity index is 1440. The SMILES string of the molecule is O=C(Oc1ccc2c(=O)c(-c3ccccc3)c(C(F)(F)F)oc2c1)c1cccc([N+](=O)[O-])c1.